The molecule has 104 valence electrons. The van der Waals surface area contributed by atoms with Gasteiger partial charge in [-0.2, -0.15) is 0 Å². The molecule has 4 nitrogen and oxygen atoms in total. The van der Waals surface area contributed by atoms with Gasteiger partial charge >= 0.3 is 0 Å². The van der Waals surface area contributed by atoms with Crippen LogP contribution in [0.25, 0.3) is 0 Å². The van der Waals surface area contributed by atoms with Crippen LogP contribution in [0.2, 0.25) is 0 Å². The number of nitrogens with zero attached hydrogens (tertiary/aromatic N) is 1. The lowest BCUT2D eigenvalue weighted by Gasteiger charge is -2.10. The molecule has 2 rings (SSSR count). The molecule has 0 bridgehead atoms. The Balaban J connectivity index is 2.19. The van der Waals surface area contributed by atoms with Crippen LogP contribution in [-0.2, 0) is 6.61 Å². The van der Waals surface area contributed by atoms with Crippen molar-refractivity contribution in [2.24, 2.45) is 10.9 Å². The van der Waals surface area contributed by atoms with E-state index in [1.54, 1.807) is 0 Å². The Bertz CT molecular complexity index is 628. The average molecular weight is 278 g/mol. The fourth-order valence-electron chi connectivity index (χ4n) is 1.66. The molecule has 2 aromatic carbocycles. The first-order valence-corrected chi connectivity index (χ1v) is 5.75. The largest absolute Gasteiger partial charge is 0.489 e. The van der Waals surface area contributed by atoms with E-state index in [2.05, 4.69) is 5.16 Å². The van der Waals surface area contributed by atoms with Crippen molar-refractivity contribution in [2.45, 2.75) is 6.61 Å². The molecule has 0 spiro atoms. The molecule has 0 aliphatic rings. The minimum atomic E-state index is -0.503. The first kappa shape index (κ1) is 13.8. The number of ether oxygens (including phenoxy) is 1. The molecule has 6 heteroatoms. The zero-order chi connectivity index (χ0) is 14.5. The van der Waals surface area contributed by atoms with Gasteiger partial charge in [0.25, 0.3) is 0 Å². The summed E-state index contributed by atoms with van der Waals surface area (Å²) in [6, 6.07) is 9.36. The second-order valence-corrected chi connectivity index (χ2v) is 4.03. The van der Waals surface area contributed by atoms with Gasteiger partial charge in [0.2, 0.25) is 0 Å². The summed E-state index contributed by atoms with van der Waals surface area (Å²) in [4.78, 5) is 0. The molecule has 0 saturated heterocycles. The van der Waals surface area contributed by atoms with Crippen LogP contribution in [0.4, 0.5) is 8.78 Å². The maximum atomic E-state index is 13.2. The summed E-state index contributed by atoms with van der Waals surface area (Å²) in [5.41, 5.74) is 6.27. The normalized spacial score (nSPS) is 11.4. The smallest absolute Gasteiger partial charge is 0.170 e. The summed E-state index contributed by atoms with van der Waals surface area (Å²) >= 11 is 0. The van der Waals surface area contributed by atoms with Crippen LogP contribution >= 0.6 is 0 Å². The zero-order valence-corrected chi connectivity index (χ0v) is 10.4. The number of hydrogen-bond donors (Lipinski definition) is 2. The van der Waals surface area contributed by atoms with Crippen molar-refractivity contribution >= 4 is 5.84 Å². The monoisotopic (exact) mass is 278 g/mol. The van der Waals surface area contributed by atoms with E-state index in [9.17, 15) is 8.78 Å². The van der Waals surface area contributed by atoms with Gasteiger partial charge in [-0.3, -0.25) is 0 Å². The number of halogens is 2. The third-order valence-electron chi connectivity index (χ3n) is 2.66. The molecule has 0 aliphatic carbocycles. The summed E-state index contributed by atoms with van der Waals surface area (Å²) in [6.07, 6.45) is 0. The number of nitrogens with two attached hydrogens (primary N) is 1. The molecule has 0 unspecified atom stereocenters. The highest BCUT2D eigenvalue weighted by molar-refractivity contribution is 5.98. The van der Waals surface area contributed by atoms with Gasteiger partial charge in [-0.15, -0.1) is 0 Å². The molecule has 0 fully saturated rings. The summed E-state index contributed by atoms with van der Waals surface area (Å²) < 4.78 is 31.4. The topological polar surface area (TPSA) is 67.8 Å². The van der Waals surface area contributed by atoms with Gasteiger partial charge in [-0.05, 0) is 36.4 Å². The second kappa shape index (κ2) is 6.01. The summed E-state index contributed by atoms with van der Waals surface area (Å²) in [5.74, 6) is -0.614. The summed E-state index contributed by atoms with van der Waals surface area (Å²) in [7, 11) is 0. The van der Waals surface area contributed by atoms with Crippen LogP contribution in [0.5, 0.6) is 5.75 Å². The van der Waals surface area contributed by atoms with E-state index in [1.165, 1.54) is 36.4 Å². The number of rotatable bonds is 4. The molecule has 0 heterocycles. The van der Waals surface area contributed by atoms with Gasteiger partial charge in [0, 0.05) is 11.1 Å². The number of oxime groups is 1. The van der Waals surface area contributed by atoms with Gasteiger partial charge < -0.3 is 15.7 Å². The van der Waals surface area contributed by atoms with Crippen molar-refractivity contribution in [3.8, 4) is 5.75 Å². The first-order valence-electron chi connectivity index (χ1n) is 5.75. The molecule has 20 heavy (non-hydrogen) atoms. The molecule has 0 aromatic heterocycles. The Morgan fingerprint density at radius 2 is 1.75 bits per heavy atom. The minimum Gasteiger partial charge on any atom is -0.489 e. The Morgan fingerprint density at radius 3 is 2.40 bits per heavy atom. The van der Waals surface area contributed by atoms with Crippen LogP contribution in [-0.4, -0.2) is 11.0 Å². The van der Waals surface area contributed by atoms with Gasteiger partial charge in [0.15, 0.2) is 5.84 Å². The van der Waals surface area contributed by atoms with Crippen LogP contribution < -0.4 is 10.5 Å². The van der Waals surface area contributed by atoms with Crippen molar-refractivity contribution in [3.05, 3.63) is 65.2 Å². The third kappa shape index (κ3) is 3.23. The van der Waals surface area contributed by atoms with E-state index < -0.39 is 5.82 Å². The lowest BCUT2D eigenvalue weighted by Crippen LogP contribution is -2.16. The highest BCUT2D eigenvalue weighted by Gasteiger charge is 2.09. The molecule has 0 radical (unpaired) electrons. The van der Waals surface area contributed by atoms with Crippen LogP contribution in [0, 0.1) is 11.6 Å². The van der Waals surface area contributed by atoms with E-state index in [-0.39, 0.29) is 23.8 Å². The molecular formula is C14H12F2N2O2. The lowest BCUT2D eigenvalue weighted by atomic mass is 10.1. The SMILES string of the molecule is NC(=NO)c1cc(F)ccc1COc1ccc(F)cc1. The highest BCUT2D eigenvalue weighted by atomic mass is 19.1. The third-order valence-corrected chi connectivity index (χ3v) is 2.66. The molecule has 0 atom stereocenters. The minimum absolute atomic E-state index is 0.0808. The standard InChI is InChI=1S/C14H12F2N2O2/c15-10-3-5-12(6-4-10)20-8-9-1-2-11(16)7-13(9)14(17)18-19/h1-7,19H,8H2,(H2,17,18). The van der Waals surface area contributed by atoms with Crippen LogP contribution in [0.3, 0.4) is 0 Å². The van der Waals surface area contributed by atoms with Crippen molar-refractivity contribution in [3.63, 3.8) is 0 Å². The van der Waals surface area contributed by atoms with Crippen LogP contribution in [0.15, 0.2) is 47.6 Å². The average Bonchev–Trinajstić information content (AvgIpc) is 2.46. The van der Waals surface area contributed by atoms with E-state index in [0.717, 1.165) is 6.07 Å². The number of amidine groups is 1. The molecule has 0 aliphatic heterocycles. The van der Waals surface area contributed by atoms with Gasteiger partial charge in [0.05, 0.1) is 0 Å². The Hall–Kier alpha value is -2.63. The zero-order valence-electron chi connectivity index (χ0n) is 10.4. The van der Waals surface area contributed by atoms with Gasteiger partial charge in [-0.1, -0.05) is 11.2 Å². The Labute approximate surface area is 114 Å². The van der Waals surface area contributed by atoms with E-state index >= 15 is 0 Å². The Morgan fingerprint density at radius 1 is 1.10 bits per heavy atom. The van der Waals surface area contributed by atoms with Crippen molar-refractivity contribution in [1.82, 2.24) is 0 Å². The summed E-state index contributed by atoms with van der Waals surface area (Å²) in [5, 5.41) is 11.5. The maximum Gasteiger partial charge on any atom is 0.170 e. The fraction of sp³-hybridized carbons (Fsp3) is 0.0714. The molecule has 3 N–H and O–H groups in total. The van der Waals surface area contributed by atoms with E-state index in [0.29, 0.717) is 11.3 Å². The van der Waals surface area contributed by atoms with E-state index in [4.69, 9.17) is 15.7 Å². The number of hydrogen-bond acceptors (Lipinski definition) is 3. The van der Waals surface area contributed by atoms with Crippen molar-refractivity contribution in [2.75, 3.05) is 0 Å². The molecule has 2 aromatic rings. The quantitative estimate of drug-likeness (QED) is 0.391. The Kier molecular flexibility index (Phi) is 4.14. The maximum absolute atomic E-state index is 13.2. The molecule has 0 saturated carbocycles. The summed E-state index contributed by atoms with van der Waals surface area (Å²) in [6.45, 7) is 0.0808. The van der Waals surface area contributed by atoms with Gasteiger partial charge in [0.1, 0.15) is 24.0 Å². The van der Waals surface area contributed by atoms with E-state index in [1.807, 2.05) is 0 Å². The molecule has 0 amide bonds. The van der Waals surface area contributed by atoms with Gasteiger partial charge in [-0.25, -0.2) is 8.78 Å². The van der Waals surface area contributed by atoms with Crippen molar-refractivity contribution in [1.29, 1.82) is 0 Å². The highest BCUT2D eigenvalue weighted by Crippen LogP contribution is 2.16. The predicted molar refractivity (Wildman–Crippen MR) is 69.6 cm³/mol. The van der Waals surface area contributed by atoms with Crippen molar-refractivity contribution < 1.29 is 18.7 Å². The second-order valence-electron chi connectivity index (χ2n) is 4.03. The van der Waals surface area contributed by atoms with Crippen LogP contribution in [0.1, 0.15) is 11.1 Å². The number of benzene rings is 2. The predicted octanol–water partition coefficient (Wildman–Crippen LogP) is 2.64. The molecular weight excluding hydrogens is 266 g/mol. The fourth-order valence-corrected chi connectivity index (χ4v) is 1.66. The first-order chi connectivity index (χ1) is 9.60. The lowest BCUT2D eigenvalue weighted by molar-refractivity contribution is 0.304.